The van der Waals surface area contributed by atoms with Crippen molar-refractivity contribution in [2.45, 2.75) is 22.8 Å². The van der Waals surface area contributed by atoms with E-state index in [0.29, 0.717) is 36.9 Å². The van der Waals surface area contributed by atoms with E-state index in [9.17, 15) is 24.5 Å². The zero-order valence-electron chi connectivity index (χ0n) is 20.2. The summed E-state index contributed by atoms with van der Waals surface area (Å²) in [4.78, 5) is 55.3. The molecule has 1 saturated heterocycles. The molecule has 202 valence electrons. The van der Waals surface area contributed by atoms with Crippen LogP contribution >= 0.6 is 46.3 Å². The van der Waals surface area contributed by atoms with Gasteiger partial charge in [0.1, 0.15) is 17.6 Å². The molecular weight excluding hydrogens is 597 g/mol. The van der Waals surface area contributed by atoms with Gasteiger partial charge in [-0.15, -0.1) is 0 Å². The molecule has 3 heterocycles. The number of H-pyrrole nitrogens is 1. The third-order valence-electron chi connectivity index (χ3n) is 6.76. The maximum absolute atomic E-state index is 14.0. The molecule has 3 aromatic carbocycles. The Bertz CT molecular complexity index is 1720. The highest BCUT2D eigenvalue weighted by Gasteiger charge is 2.57. The van der Waals surface area contributed by atoms with Crippen molar-refractivity contribution in [3.63, 3.8) is 0 Å². The second-order valence-electron chi connectivity index (χ2n) is 9.13. The zero-order chi connectivity index (χ0) is 28.1. The normalized spacial score (nSPS) is 19.9. The number of rotatable bonds is 6. The first-order valence-electron chi connectivity index (χ1n) is 11.9. The Balaban J connectivity index is 1.47. The first-order valence-corrected chi connectivity index (χ1v) is 14.3. The number of halogens is 2. The van der Waals surface area contributed by atoms with E-state index in [-0.39, 0.29) is 17.2 Å². The summed E-state index contributed by atoms with van der Waals surface area (Å²) in [6, 6.07) is 17.5. The molecule has 6 rings (SSSR count). The number of nitro groups is 1. The number of carbonyl (C=O) groups excluding carboxylic acids is 2. The lowest BCUT2D eigenvalue weighted by Gasteiger charge is -2.30. The van der Waals surface area contributed by atoms with Gasteiger partial charge < -0.3 is 9.72 Å². The molecule has 2 unspecified atom stereocenters. The van der Waals surface area contributed by atoms with Crippen LogP contribution in [0.2, 0.25) is 10.0 Å². The van der Waals surface area contributed by atoms with Crippen LogP contribution in [0, 0.1) is 16.0 Å². The van der Waals surface area contributed by atoms with Gasteiger partial charge in [-0.1, -0.05) is 58.4 Å². The van der Waals surface area contributed by atoms with Gasteiger partial charge in [-0.25, -0.2) is 4.90 Å². The summed E-state index contributed by atoms with van der Waals surface area (Å²) in [6.07, 6.45) is 0. The fraction of sp³-hybridized carbons (Fsp3) is 0.148. The molecule has 0 aliphatic carbocycles. The Labute approximate surface area is 244 Å². The Morgan fingerprint density at radius 2 is 1.62 bits per heavy atom. The molecule has 0 radical (unpaired) electrons. The highest BCUT2D eigenvalue weighted by atomic mass is 35.5. The predicted octanol–water partition coefficient (Wildman–Crippen LogP) is 6.03. The molecule has 13 heteroatoms. The van der Waals surface area contributed by atoms with Gasteiger partial charge in [0.15, 0.2) is 0 Å². The maximum Gasteiger partial charge on any atom is 0.305 e. The molecule has 4 aromatic rings. The van der Waals surface area contributed by atoms with Crippen molar-refractivity contribution in [3.8, 4) is 5.75 Å². The van der Waals surface area contributed by atoms with E-state index in [4.69, 9.17) is 27.9 Å². The maximum atomic E-state index is 14.0. The lowest BCUT2D eigenvalue weighted by Crippen LogP contribution is -2.32. The number of amides is 2. The molecule has 1 fully saturated rings. The van der Waals surface area contributed by atoms with Crippen molar-refractivity contribution >= 4 is 69.5 Å². The largest absolute Gasteiger partial charge is 0.489 e. The Hall–Kier alpha value is -3.64. The average molecular weight is 614 g/mol. The summed E-state index contributed by atoms with van der Waals surface area (Å²) >= 11 is 14.0. The standard InChI is InChI=1S/C27H17Cl2N3O6S2/c28-14-3-1-13(2-4-14)12-38-19-10-9-17(32(36)37)11-18(19)20-21-23(39-24-22(20)40-27(35)30-24)26(34)31(25(21)33)16-7-5-15(29)6-8-16/h1-11,20-21,23H,12H2,(H,30,35)/t20-,21?,23?/m1/s1. The summed E-state index contributed by atoms with van der Waals surface area (Å²) in [5.74, 6) is -2.41. The number of nitrogens with one attached hydrogen (secondary N) is 1. The third-order valence-corrected chi connectivity index (χ3v) is 9.66. The third kappa shape index (κ3) is 4.68. The van der Waals surface area contributed by atoms with E-state index in [1.165, 1.54) is 18.2 Å². The SMILES string of the molecule is O=C1C2Sc3[nH]c(=O)sc3[C@H](c3cc([N+](=O)[O-])ccc3OCc3ccc(Cl)cc3)C2C(=O)N1c1ccc(Cl)cc1. The minimum absolute atomic E-state index is 0.123. The molecule has 40 heavy (non-hydrogen) atoms. The van der Waals surface area contributed by atoms with Crippen LogP contribution in [0.1, 0.15) is 21.9 Å². The Morgan fingerprint density at radius 1 is 0.950 bits per heavy atom. The van der Waals surface area contributed by atoms with Crippen LogP contribution in [0.25, 0.3) is 0 Å². The Kier molecular flexibility index (Phi) is 6.91. The van der Waals surface area contributed by atoms with Gasteiger partial charge in [-0.2, -0.15) is 0 Å². The summed E-state index contributed by atoms with van der Waals surface area (Å²) in [5, 5.41) is 12.4. The number of hydrogen-bond acceptors (Lipinski definition) is 8. The van der Waals surface area contributed by atoms with Gasteiger partial charge in [-0.3, -0.25) is 24.5 Å². The quantitative estimate of drug-likeness (QED) is 0.160. The molecule has 2 aliphatic heterocycles. The molecule has 1 aromatic heterocycles. The van der Waals surface area contributed by atoms with Crippen LogP contribution < -0.4 is 14.5 Å². The Morgan fingerprint density at radius 3 is 2.30 bits per heavy atom. The number of thioether (sulfide) groups is 1. The number of non-ortho nitro benzene ring substituents is 1. The van der Waals surface area contributed by atoms with Crippen LogP contribution in [0.4, 0.5) is 11.4 Å². The van der Waals surface area contributed by atoms with Crippen LogP contribution in [0.5, 0.6) is 5.75 Å². The number of benzene rings is 3. The fourth-order valence-corrected chi connectivity index (χ4v) is 7.72. The van der Waals surface area contributed by atoms with Crippen molar-refractivity contribution in [3.05, 3.63) is 113 Å². The van der Waals surface area contributed by atoms with Gasteiger partial charge in [0.25, 0.3) is 5.69 Å². The van der Waals surface area contributed by atoms with E-state index in [1.807, 2.05) is 0 Å². The number of ether oxygens (including phenoxy) is 1. The summed E-state index contributed by atoms with van der Waals surface area (Å²) in [5.41, 5.74) is 1.30. The monoisotopic (exact) mass is 613 g/mol. The van der Waals surface area contributed by atoms with E-state index in [0.717, 1.165) is 33.6 Å². The number of thiazole rings is 1. The van der Waals surface area contributed by atoms with Crippen molar-refractivity contribution < 1.29 is 19.2 Å². The van der Waals surface area contributed by atoms with E-state index in [1.54, 1.807) is 48.5 Å². The van der Waals surface area contributed by atoms with Crippen molar-refractivity contribution in [1.82, 2.24) is 4.98 Å². The van der Waals surface area contributed by atoms with Crippen LogP contribution in [-0.4, -0.2) is 27.0 Å². The van der Waals surface area contributed by atoms with Gasteiger partial charge in [0.05, 0.1) is 21.6 Å². The van der Waals surface area contributed by atoms with Gasteiger partial charge >= 0.3 is 4.87 Å². The minimum Gasteiger partial charge on any atom is -0.489 e. The van der Waals surface area contributed by atoms with Crippen molar-refractivity contribution in [2.75, 3.05) is 4.90 Å². The number of nitro benzene ring substituents is 1. The summed E-state index contributed by atoms with van der Waals surface area (Å²) in [6.45, 7) is 0.123. The summed E-state index contributed by atoms with van der Waals surface area (Å²) < 4.78 is 6.13. The van der Waals surface area contributed by atoms with E-state index in [2.05, 4.69) is 4.98 Å². The van der Waals surface area contributed by atoms with Gasteiger partial charge in [0, 0.05) is 38.5 Å². The first-order chi connectivity index (χ1) is 19.2. The highest BCUT2D eigenvalue weighted by Crippen LogP contribution is 2.55. The van der Waals surface area contributed by atoms with E-state index >= 15 is 0 Å². The molecule has 3 atom stereocenters. The molecule has 1 N–H and O–H groups in total. The lowest BCUT2D eigenvalue weighted by atomic mass is 9.82. The fourth-order valence-electron chi connectivity index (χ4n) is 4.96. The predicted molar refractivity (Wildman–Crippen MR) is 153 cm³/mol. The smallest absolute Gasteiger partial charge is 0.305 e. The first kappa shape index (κ1) is 26.6. The number of carbonyl (C=O) groups is 2. The number of nitrogens with zero attached hydrogens (tertiary/aromatic N) is 2. The zero-order valence-corrected chi connectivity index (χ0v) is 23.4. The average Bonchev–Trinajstić information content (AvgIpc) is 3.43. The minimum atomic E-state index is -0.938. The molecule has 2 aliphatic rings. The number of anilines is 1. The molecule has 0 spiro atoms. The van der Waals surface area contributed by atoms with Crippen molar-refractivity contribution in [2.24, 2.45) is 5.92 Å². The topological polar surface area (TPSA) is 123 Å². The number of hydrogen-bond donors (Lipinski definition) is 1. The van der Waals surface area contributed by atoms with Crippen LogP contribution in [-0.2, 0) is 16.2 Å². The van der Waals surface area contributed by atoms with Crippen molar-refractivity contribution in [1.29, 1.82) is 0 Å². The lowest BCUT2D eigenvalue weighted by molar-refractivity contribution is -0.385. The molecule has 0 saturated carbocycles. The van der Waals surface area contributed by atoms with Gasteiger partial charge in [0.2, 0.25) is 11.8 Å². The molecule has 2 amide bonds. The summed E-state index contributed by atoms with van der Waals surface area (Å²) in [7, 11) is 0. The van der Waals surface area contributed by atoms with Gasteiger partial charge in [-0.05, 0) is 48.0 Å². The number of fused-ring (bicyclic) bond motifs is 2. The number of imide groups is 1. The van der Waals surface area contributed by atoms with Crippen LogP contribution in [0.15, 0.2) is 76.6 Å². The molecular formula is C27H17Cl2N3O6S2. The second-order valence-corrected chi connectivity index (χ2v) is 12.2. The van der Waals surface area contributed by atoms with E-state index < -0.39 is 33.8 Å². The number of aromatic nitrogens is 1. The highest BCUT2D eigenvalue weighted by molar-refractivity contribution is 8.00. The molecule has 9 nitrogen and oxygen atoms in total. The van der Waals surface area contributed by atoms with Crippen LogP contribution in [0.3, 0.4) is 0 Å². The second kappa shape index (κ2) is 10.4. The number of aromatic amines is 1. The molecule has 0 bridgehead atoms.